The van der Waals surface area contributed by atoms with Gasteiger partial charge in [-0.2, -0.15) is 0 Å². The third kappa shape index (κ3) is 3.77. The van der Waals surface area contributed by atoms with Crippen LogP contribution in [0.25, 0.3) is 27.5 Å². The maximum Gasteiger partial charge on any atom is 0.330 e. The summed E-state index contributed by atoms with van der Waals surface area (Å²) < 4.78 is 3.16. The van der Waals surface area contributed by atoms with Crippen molar-refractivity contribution in [2.24, 2.45) is 0 Å². The molecule has 2 aliphatic rings. The second kappa shape index (κ2) is 8.06. The SMILES string of the molecule is CC(=O)On1c(C2CCN(C3CC3)CC2)nc2ccc(-c3cc4cnc(C)cn4c3)cc2c1=O. The smallest absolute Gasteiger partial charge is 0.330 e. The van der Waals surface area contributed by atoms with Crippen molar-refractivity contribution in [2.45, 2.75) is 51.5 Å². The van der Waals surface area contributed by atoms with Crippen LogP contribution >= 0.6 is 0 Å². The van der Waals surface area contributed by atoms with E-state index in [1.54, 1.807) is 0 Å². The second-order valence-corrected chi connectivity index (χ2v) is 9.52. The summed E-state index contributed by atoms with van der Waals surface area (Å²) in [6, 6.07) is 8.47. The minimum atomic E-state index is -0.530. The van der Waals surface area contributed by atoms with Gasteiger partial charge in [0.25, 0.3) is 5.56 Å². The van der Waals surface area contributed by atoms with Crippen molar-refractivity contribution in [3.8, 4) is 11.1 Å². The van der Waals surface area contributed by atoms with Crippen LogP contribution in [0.5, 0.6) is 0 Å². The fourth-order valence-corrected chi connectivity index (χ4v) is 5.07. The average Bonchev–Trinajstić information content (AvgIpc) is 3.59. The molecule has 1 saturated heterocycles. The Morgan fingerprint density at radius 3 is 2.59 bits per heavy atom. The van der Waals surface area contributed by atoms with Gasteiger partial charge in [0, 0.05) is 36.8 Å². The van der Waals surface area contributed by atoms with Gasteiger partial charge in [0.1, 0.15) is 0 Å². The molecule has 4 aromatic rings. The monoisotopic (exact) mass is 457 g/mol. The first-order valence-corrected chi connectivity index (χ1v) is 11.9. The number of piperidine rings is 1. The minimum absolute atomic E-state index is 0.0821. The zero-order valence-corrected chi connectivity index (χ0v) is 19.4. The molecule has 8 nitrogen and oxygen atoms in total. The van der Waals surface area contributed by atoms with Gasteiger partial charge in [-0.15, -0.1) is 4.73 Å². The Morgan fingerprint density at radius 1 is 1.06 bits per heavy atom. The van der Waals surface area contributed by atoms with Gasteiger partial charge in [-0.25, -0.2) is 9.78 Å². The zero-order chi connectivity index (χ0) is 23.4. The van der Waals surface area contributed by atoms with Crippen LogP contribution < -0.4 is 10.4 Å². The summed E-state index contributed by atoms with van der Waals surface area (Å²) in [6.45, 7) is 5.23. The van der Waals surface area contributed by atoms with Gasteiger partial charge in [0.15, 0.2) is 5.82 Å². The maximum atomic E-state index is 13.5. The number of likely N-dealkylation sites (tertiary alicyclic amines) is 1. The van der Waals surface area contributed by atoms with Crippen molar-refractivity contribution in [1.82, 2.24) is 24.0 Å². The highest BCUT2D eigenvalue weighted by atomic mass is 16.7. The van der Waals surface area contributed by atoms with Crippen LogP contribution in [0.1, 0.15) is 50.0 Å². The summed E-state index contributed by atoms with van der Waals surface area (Å²) in [6.07, 6.45) is 10.2. The quantitative estimate of drug-likeness (QED) is 0.468. The van der Waals surface area contributed by atoms with Crippen LogP contribution in [0.3, 0.4) is 0 Å². The number of carbonyl (C=O) groups excluding carboxylic acids is 1. The Labute approximate surface area is 196 Å². The van der Waals surface area contributed by atoms with Crippen molar-refractivity contribution in [1.29, 1.82) is 0 Å². The van der Waals surface area contributed by atoms with E-state index in [2.05, 4.69) is 9.88 Å². The van der Waals surface area contributed by atoms with Crippen molar-refractivity contribution < 1.29 is 9.63 Å². The van der Waals surface area contributed by atoms with Crippen LogP contribution in [0, 0.1) is 6.92 Å². The van der Waals surface area contributed by atoms with Crippen molar-refractivity contribution >= 4 is 22.4 Å². The number of hydrogen-bond acceptors (Lipinski definition) is 6. The molecule has 0 atom stereocenters. The van der Waals surface area contributed by atoms with E-state index in [1.807, 2.05) is 54.2 Å². The Kier molecular flexibility index (Phi) is 4.99. The molecule has 1 aliphatic carbocycles. The van der Waals surface area contributed by atoms with Gasteiger partial charge >= 0.3 is 5.97 Å². The molecule has 1 saturated carbocycles. The summed E-state index contributed by atoms with van der Waals surface area (Å²) in [4.78, 5) is 42.5. The van der Waals surface area contributed by atoms with E-state index in [-0.39, 0.29) is 11.5 Å². The lowest BCUT2D eigenvalue weighted by atomic mass is 9.95. The summed E-state index contributed by atoms with van der Waals surface area (Å²) in [7, 11) is 0. The number of aromatic nitrogens is 4. The van der Waals surface area contributed by atoms with Gasteiger partial charge < -0.3 is 14.1 Å². The molecule has 0 amide bonds. The van der Waals surface area contributed by atoms with Gasteiger partial charge in [-0.3, -0.25) is 9.78 Å². The number of hydrogen-bond donors (Lipinski definition) is 0. The Bertz CT molecular complexity index is 1480. The minimum Gasteiger partial charge on any atom is -0.332 e. The second-order valence-electron chi connectivity index (χ2n) is 9.52. The molecule has 0 N–H and O–H groups in total. The van der Waals surface area contributed by atoms with Crippen LogP contribution in [0.4, 0.5) is 0 Å². The molecule has 0 unspecified atom stereocenters. The molecule has 4 heterocycles. The lowest BCUT2D eigenvalue weighted by Gasteiger charge is -2.32. The largest absolute Gasteiger partial charge is 0.332 e. The molecule has 0 spiro atoms. The lowest BCUT2D eigenvalue weighted by molar-refractivity contribution is -0.142. The number of fused-ring (bicyclic) bond motifs is 2. The molecule has 2 fully saturated rings. The number of rotatable bonds is 4. The Morgan fingerprint density at radius 2 is 1.85 bits per heavy atom. The zero-order valence-electron chi connectivity index (χ0n) is 19.4. The predicted molar refractivity (Wildman–Crippen MR) is 129 cm³/mol. The summed E-state index contributed by atoms with van der Waals surface area (Å²) in [5.74, 6) is 0.100. The number of aryl methyl sites for hydroxylation is 1. The van der Waals surface area contributed by atoms with E-state index in [9.17, 15) is 9.59 Å². The van der Waals surface area contributed by atoms with Gasteiger partial charge in [0.2, 0.25) is 0 Å². The van der Waals surface area contributed by atoms with E-state index in [4.69, 9.17) is 9.82 Å². The van der Waals surface area contributed by atoms with Crippen LogP contribution in [-0.2, 0) is 4.79 Å². The normalized spacial score (nSPS) is 17.5. The molecule has 0 radical (unpaired) electrons. The average molecular weight is 458 g/mol. The first-order chi connectivity index (χ1) is 16.5. The summed E-state index contributed by atoms with van der Waals surface area (Å²) in [5, 5.41) is 0.433. The molecular formula is C26H27N5O3. The van der Waals surface area contributed by atoms with Crippen molar-refractivity contribution in [3.63, 3.8) is 0 Å². The molecule has 3 aromatic heterocycles. The first-order valence-electron chi connectivity index (χ1n) is 11.9. The molecule has 1 aliphatic heterocycles. The molecule has 0 bridgehead atoms. The number of nitrogens with zero attached hydrogens (tertiary/aromatic N) is 5. The van der Waals surface area contributed by atoms with Crippen molar-refractivity contribution in [3.05, 3.63) is 64.7 Å². The van der Waals surface area contributed by atoms with Gasteiger partial charge in [-0.05, 0) is 69.5 Å². The van der Waals surface area contributed by atoms with Crippen LogP contribution in [0.15, 0.2) is 47.7 Å². The van der Waals surface area contributed by atoms with Crippen molar-refractivity contribution in [2.75, 3.05) is 13.1 Å². The van der Waals surface area contributed by atoms with Gasteiger partial charge in [0.05, 0.1) is 28.3 Å². The fourth-order valence-electron chi connectivity index (χ4n) is 5.07. The lowest BCUT2D eigenvalue weighted by Crippen LogP contribution is -2.39. The van der Waals surface area contributed by atoms with Gasteiger partial charge in [-0.1, -0.05) is 6.07 Å². The highest BCUT2D eigenvalue weighted by Gasteiger charge is 2.34. The number of carbonyl (C=O) groups is 1. The Balaban J connectivity index is 1.41. The Hall–Kier alpha value is -3.52. The van der Waals surface area contributed by atoms with E-state index >= 15 is 0 Å². The standard InChI is InChI=1S/C26H27N5O3/c1-16-14-30-15-20(11-22(30)13-27-16)19-3-6-24-23(12-19)26(33)31(34-17(2)32)25(28-24)18-7-9-29(10-8-18)21-4-5-21/h3,6,11-15,18,21H,4-5,7-10H2,1-2H3. The van der Waals surface area contributed by atoms with E-state index in [1.165, 1.54) is 19.8 Å². The summed E-state index contributed by atoms with van der Waals surface area (Å²) in [5.41, 5.74) is 4.05. The molecule has 174 valence electrons. The summed E-state index contributed by atoms with van der Waals surface area (Å²) >= 11 is 0. The molecule has 1 aromatic carbocycles. The fraction of sp³-hybridized carbons (Fsp3) is 0.385. The maximum absolute atomic E-state index is 13.5. The molecule has 34 heavy (non-hydrogen) atoms. The van der Waals surface area contributed by atoms with E-state index in [0.29, 0.717) is 16.7 Å². The van der Waals surface area contributed by atoms with E-state index in [0.717, 1.165) is 59.0 Å². The third-order valence-corrected chi connectivity index (χ3v) is 6.97. The topological polar surface area (TPSA) is 81.7 Å². The molecular weight excluding hydrogens is 430 g/mol. The predicted octanol–water partition coefficient (Wildman–Crippen LogP) is 3.34. The highest BCUT2D eigenvalue weighted by molar-refractivity contribution is 5.85. The van der Waals surface area contributed by atoms with Crippen LogP contribution in [-0.4, -0.2) is 49.1 Å². The van der Waals surface area contributed by atoms with Crippen LogP contribution in [0.2, 0.25) is 0 Å². The molecule has 8 heteroatoms. The third-order valence-electron chi connectivity index (χ3n) is 6.97. The van der Waals surface area contributed by atoms with E-state index < -0.39 is 5.97 Å². The molecule has 6 rings (SSSR count). The highest BCUT2D eigenvalue weighted by Crippen LogP contribution is 2.34. The number of benzene rings is 1. The first kappa shape index (κ1) is 21.0.